The van der Waals surface area contributed by atoms with Crippen molar-refractivity contribution in [2.75, 3.05) is 6.54 Å². The second-order valence-electron chi connectivity index (χ2n) is 3.34. The number of aliphatic hydroxyl groups excluding tert-OH is 1. The maximum Gasteiger partial charge on any atom is 0.325 e. The molecule has 1 aromatic heterocycles. The summed E-state index contributed by atoms with van der Waals surface area (Å²) in [5, 5.41) is 9.05. The lowest BCUT2D eigenvalue weighted by Crippen LogP contribution is -2.31. The van der Waals surface area contributed by atoms with Crippen molar-refractivity contribution in [1.29, 1.82) is 0 Å². The molecule has 2 N–H and O–H groups in total. The normalized spacial score (nSPS) is 18.0. The Morgan fingerprint density at radius 3 is 2.62 bits per heavy atom. The fourth-order valence-electron chi connectivity index (χ4n) is 1.40. The molecule has 0 atom stereocenters. The molecule has 2 heterocycles. The summed E-state index contributed by atoms with van der Waals surface area (Å²) in [4.78, 5) is 3.87. The first-order valence-corrected chi connectivity index (χ1v) is 6.11. The second kappa shape index (κ2) is 4.01. The number of nitrogens with one attached hydrogen (secondary N) is 1. The summed E-state index contributed by atoms with van der Waals surface area (Å²) in [6.07, 6.45) is 5.03. The van der Waals surface area contributed by atoms with Crippen LogP contribution >= 0.6 is 0 Å². The van der Waals surface area contributed by atoms with Gasteiger partial charge in [0.1, 0.15) is 0 Å². The molecule has 7 heteroatoms. The van der Waals surface area contributed by atoms with E-state index in [4.69, 9.17) is 5.11 Å². The van der Waals surface area contributed by atoms with Crippen molar-refractivity contribution in [2.45, 2.75) is 6.42 Å². The molecule has 1 aromatic rings. The van der Waals surface area contributed by atoms with E-state index < -0.39 is 10.2 Å². The van der Waals surface area contributed by atoms with E-state index in [1.807, 2.05) is 16.9 Å². The molecule has 0 saturated carbocycles. The Kier molecular flexibility index (Phi) is 2.69. The first-order chi connectivity index (χ1) is 7.58. The Morgan fingerprint density at radius 1 is 1.38 bits per heavy atom. The van der Waals surface area contributed by atoms with Crippen LogP contribution in [-0.2, 0) is 16.6 Å². The third kappa shape index (κ3) is 2.25. The van der Waals surface area contributed by atoms with Gasteiger partial charge >= 0.3 is 10.2 Å². The van der Waals surface area contributed by atoms with Gasteiger partial charge in [0, 0.05) is 18.9 Å². The van der Waals surface area contributed by atoms with E-state index in [0.29, 0.717) is 6.42 Å². The van der Waals surface area contributed by atoms with E-state index in [1.54, 1.807) is 12.4 Å². The minimum absolute atomic E-state index is 0.281. The Morgan fingerprint density at radius 2 is 2.06 bits per heavy atom. The van der Waals surface area contributed by atoms with Gasteiger partial charge in [0.25, 0.3) is 0 Å². The van der Waals surface area contributed by atoms with Gasteiger partial charge in [0.2, 0.25) is 5.88 Å². The van der Waals surface area contributed by atoms with Crippen molar-refractivity contribution in [2.24, 2.45) is 0 Å². The highest BCUT2D eigenvalue weighted by Crippen LogP contribution is 2.11. The molecule has 1 aliphatic rings. The van der Waals surface area contributed by atoms with Crippen molar-refractivity contribution in [1.82, 2.24) is 14.0 Å². The molecule has 0 amide bonds. The summed E-state index contributed by atoms with van der Waals surface area (Å²) in [5.74, 6) is -0.352. The first-order valence-electron chi connectivity index (χ1n) is 4.67. The molecule has 0 spiro atoms. The van der Waals surface area contributed by atoms with Gasteiger partial charge in [-0.05, 0) is 24.1 Å². The Labute approximate surface area is 93.4 Å². The summed E-state index contributed by atoms with van der Waals surface area (Å²) in [6, 6.07) is 3.64. The summed E-state index contributed by atoms with van der Waals surface area (Å²) in [5.41, 5.74) is 0.991. The van der Waals surface area contributed by atoms with E-state index in [1.165, 1.54) is 0 Å². The van der Waals surface area contributed by atoms with E-state index in [2.05, 4.69) is 4.98 Å². The fraction of sp³-hybridized carbons (Fsp3) is 0.222. The molecule has 1 aliphatic heterocycles. The number of aliphatic hydroxyl groups is 1. The van der Waals surface area contributed by atoms with Crippen molar-refractivity contribution in [3.63, 3.8) is 0 Å². The number of hydrogen-bond acceptors (Lipinski definition) is 4. The maximum absolute atomic E-state index is 11.4. The highest BCUT2D eigenvalue weighted by atomic mass is 32.2. The van der Waals surface area contributed by atoms with Gasteiger partial charge in [-0.1, -0.05) is 0 Å². The second-order valence-corrected chi connectivity index (χ2v) is 4.96. The molecule has 0 fully saturated rings. The van der Waals surface area contributed by atoms with Crippen LogP contribution in [-0.4, -0.2) is 29.4 Å². The molecule has 0 unspecified atom stereocenters. The third-order valence-corrected chi connectivity index (χ3v) is 3.55. The van der Waals surface area contributed by atoms with Gasteiger partial charge in [-0.2, -0.15) is 8.42 Å². The smallest absolute Gasteiger partial charge is 0.325 e. The Balaban J connectivity index is 2.02. The van der Waals surface area contributed by atoms with Crippen molar-refractivity contribution < 1.29 is 13.5 Å². The van der Waals surface area contributed by atoms with Gasteiger partial charge in [0.15, 0.2) is 0 Å². The molecule has 6 nitrogen and oxygen atoms in total. The molecular weight excluding hydrogens is 230 g/mol. The molecule has 86 valence electrons. The van der Waals surface area contributed by atoms with Gasteiger partial charge in [-0.15, -0.1) is 0 Å². The van der Waals surface area contributed by atoms with E-state index in [9.17, 15) is 8.42 Å². The lowest BCUT2D eigenvalue weighted by molar-refractivity contribution is 0.390. The summed E-state index contributed by atoms with van der Waals surface area (Å²) in [7, 11) is -3.58. The van der Waals surface area contributed by atoms with Crippen molar-refractivity contribution in [3.05, 3.63) is 42.2 Å². The highest BCUT2D eigenvalue weighted by molar-refractivity contribution is 7.87. The Hall–Kier alpha value is -1.76. The molecule has 0 radical (unpaired) electrons. The predicted molar refractivity (Wildman–Crippen MR) is 57.4 cm³/mol. The van der Waals surface area contributed by atoms with Crippen LogP contribution in [0.25, 0.3) is 0 Å². The van der Waals surface area contributed by atoms with Gasteiger partial charge in [-0.25, -0.2) is 4.72 Å². The predicted octanol–water partition coefficient (Wildman–Crippen LogP) is 0.131. The van der Waals surface area contributed by atoms with Crippen LogP contribution in [0.5, 0.6) is 0 Å². The van der Waals surface area contributed by atoms with Crippen LogP contribution in [0.2, 0.25) is 0 Å². The fourth-order valence-corrected chi connectivity index (χ4v) is 2.40. The molecule has 0 saturated heterocycles. The Bertz CT molecular complexity index is 498. The van der Waals surface area contributed by atoms with E-state index >= 15 is 0 Å². The van der Waals surface area contributed by atoms with Crippen LogP contribution in [0.4, 0.5) is 0 Å². The zero-order valence-electron chi connectivity index (χ0n) is 8.37. The zero-order valence-corrected chi connectivity index (χ0v) is 9.18. The quantitative estimate of drug-likeness (QED) is 0.788. The number of hydrogen-bond donors (Lipinski definition) is 2. The zero-order chi connectivity index (χ0) is 11.6. The lowest BCUT2D eigenvalue weighted by Gasteiger charge is -2.13. The summed E-state index contributed by atoms with van der Waals surface area (Å²) >= 11 is 0. The number of rotatable bonds is 3. The third-order valence-electron chi connectivity index (χ3n) is 2.18. The average molecular weight is 241 g/mol. The van der Waals surface area contributed by atoms with Crippen LogP contribution < -0.4 is 4.72 Å². The van der Waals surface area contributed by atoms with E-state index in [-0.39, 0.29) is 12.4 Å². The lowest BCUT2D eigenvalue weighted by atomic mass is 10.2. The SMILES string of the molecule is O=S1(=O)NC(O)=CN1CCc1ccncc1. The summed E-state index contributed by atoms with van der Waals surface area (Å²) < 4.78 is 25.8. The number of pyridine rings is 1. The molecular formula is C9H11N3O3S. The van der Waals surface area contributed by atoms with Crippen LogP contribution in [0.1, 0.15) is 5.56 Å². The first kappa shape index (κ1) is 10.7. The molecule has 16 heavy (non-hydrogen) atoms. The monoisotopic (exact) mass is 241 g/mol. The molecule has 0 aliphatic carbocycles. The summed E-state index contributed by atoms with van der Waals surface area (Å²) in [6.45, 7) is 0.281. The van der Waals surface area contributed by atoms with Gasteiger partial charge < -0.3 is 5.11 Å². The minimum atomic E-state index is -3.58. The average Bonchev–Trinajstić information content (AvgIpc) is 2.50. The maximum atomic E-state index is 11.4. The van der Waals surface area contributed by atoms with Gasteiger partial charge in [-0.3, -0.25) is 9.29 Å². The van der Waals surface area contributed by atoms with Crippen molar-refractivity contribution in [3.8, 4) is 0 Å². The van der Waals surface area contributed by atoms with Gasteiger partial charge in [0.05, 0.1) is 6.20 Å². The molecule has 0 aromatic carbocycles. The molecule has 2 rings (SSSR count). The van der Waals surface area contributed by atoms with Crippen LogP contribution in [0.15, 0.2) is 36.6 Å². The molecule has 0 bridgehead atoms. The standard InChI is InChI=1S/C9H11N3O3S/c13-9-7-12(16(14,15)11-9)6-3-8-1-4-10-5-2-8/h1-2,4-5,7,11,13H,3,6H2. The van der Waals surface area contributed by atoms with E-state index in [0.717, 1.165) is 16.1 Å². The van der Waals surface area contributed by atoms with Crippen molar-refractivity contribution >= 4 is 10.2 Å². The topological polar surface area (TPSA) is 82.5 Å². The highest BCUT2D eigenvalue weighted by Gasteiger charge is 2.26. The number of nitrogens with zero attached hydrogens (tertiary/aromatic N) is 2. The largest absolute Gasteiger partial charge is 0.493 e. The minimum Gasteiger partial charge on any atom is -0.493 e. The van der Waals surface area contributed by atoms with Crippen LogP contribution in [0, 0.1) is 0 Å². The van der Waals surface area contributed by atoms with Crippen LogP contribution in [0.3, 0.4) is 0 Å². The number of aromatic nitrogens is 1.